The average Bonchev–Trinajstić information content (AvgIpc) is 2.52. The van der Waals surface area contributed by atoms with Crippen molar-refractivity contribution in [2.24, 2.45) is 0 Å². The summed E-state index contributed by atoms with van der Waals surface area (Å²) < 4.78 is 0. The van der Waals surface area contributed by atoms with E-state index in [1.54, 1.807) is 0 Å². The number of aryl methyl sites for hydroxylation is 4. The molecule has 138 valence electrons. The summed E-state index contributed by atoms with van der Waals surface area (Å²) in [5.41, 5.74) is 12.6. The molecule has 3 aromatic rings. The normalized spacial score (nSPS) is 11.0. The Kier molecular flexibility index (Phi) is 6.33. The first-order chi connectivity index (χ1) is 12.9. The van der Waals surface area contributed by atoms with Gasteiger partial charge in [0, 0.05) is 9.52 Å². The van der Waals surface area contributed by atoms with E-state index in [0.29, 0.717) is 0 Å². The van der Waals surface area contributed by atoms with Crippen LogP contribution in [0.3, 0.4) is 0 Å². The summed E-state index contributed by atoms with van der Waals surface area (Å²) in [4.78, 5) is 0. The van der Waals surface area contributed by atoms with Gasteiger partial charge in [-0.2, -0.15) is 0 Å². The molecule has 0 aliphatic rings. The third-order valence-corrected chi connectivity index (χ3v) is 5.63. The summed E-state index contributed by atoms with van der Waals surface area (Å²) in [7, 11) is 0.973. The van der Waals surface area contributed by atoms with Gasteiger partial charge in [-0.05, 0) is 68.8 Å². The van der Waals surface area contributed by atoms with E-state index in [-0.39, 0.29) is 0 Å². The molecule has 0 unspecified atom stereocenters. The highest BCUT2D eigenvalue weighted by atomic mass is 28.2. The van der Waals surface area contributed by atoms with E-state index in [1.807, 2.05) is 0 Å². The van der Waals surface area contributed by atoms with Crippen molar-refractivity contribution in [2.75, 3.05) is 0 Å². The minimum Gasteiger partial charge on any atom is -0.0730 e. The van der Waals surface area contributed by atoms with Crippen LogP contribution in [-0.2, 0) is 18.9 Å². The van der Waals surface area contributed by atoms with Crippen molar-refractivity contribution in [1.82, 2.24) is 0 Å². The van der Waals surface area contributed by atoms with Crippen molar-refractivity contribution in [3.63, 3.8) is 0 Å². The van der Waals surface area contributed by atoms with Crippen molar-refractivity contribution >= 4 is 9.52 Å². The van der Waals surface area contributed by atoms with Gasteiger partial charge in [0.05, 0.1) is 0 Å². The van der Waals surface area contributed by atoms with Gasteiger partial charge in [0.25, 0.3) is 0 Å². The van der Waals surface area contributed by atoms with Gasteiger partial charge < -0.3 is 0 Å². The summed E-state index contributed by atoms with van der Waals surface area (Å²) >= 11 is 0. The first-order valence-electron chi connectivity index (χ1n) is 9.82. The SMILES string of the molecule is C[Si]Cc1cc(C)cc(Cc2cc(C)cc(Cc3cc(C)cc(C)c3)c2)c1. The lowest BCUT2D eigenvalue weighted by Crippen LogP contribution is -1.98. The second kappa shape index (κ2) is 8.71. The maximum absolute atomic E-state index is 2.40. The fourth-order valence-corrected chi connectivity index (χ4v) is 4.76. The summed E-state index contributed by atoms with van der Waals surface area (Å²) in [5, 5.41) is 0. The topological polar surface area (TPSA) is 0 Å². The highest BCUT2D eigenvalue weighted by Gasteiger charge is 2.05. The van der Waals surface area contributed by atoms with Crippen LogP contribution < -0.4 is 0 Å². The summed E-state index contributed by atoms with van der Waals surface area (Å²) in [5.74, 6) is 0. The molecule has 2 radical (unpaired) electrons. The summed E-state index contributed by atoms with van der Waals surface area (Å²) in [6.45, 7) is 11.1. The molecule has 27 heavy (non-hydrogen) atoms. The Bertz CT molecular complexity index is 917. The van der Waals surface area contributed by atoms with E-state index in [4.69, 9.17) is 0 Å². The highest BCUT2D eigenvalue weighted by molar-refractivity contribution is 6.32. The molecule has 0 saturated heterocycles. The Balaban J connectivity index is 1.85. The molecule has 0 heterocycles. The number of rotatable bonds is 6. The lowest BCUT2D eigenvalue weighted by molar-refractivity contribution is 1.11. The Hall–Kier alpha value is -2.12. The second-order valence-electron chi connectivity index (χ2n) is 8.03. The lowest BCUT2D eigenvalue weighted by atomic mass is 9.95. The van der Waals surface area contributed by atoms with Gasteiger partial charge in [-0.15, -0.1) is 0 Å². The number of hydrogen-bond acceptors (Lipinski definition) is 0. The Morgan fingerprint density at radius 3 is 1.26 bits per heavy atom. The molecule has 0 atom stereocenters. The van der Waals surface area contributed by atoms with E-state index in [1.165, 1.54) is 56.1 Å². The Morgan fingerprint density at radius 1 is 0.481 bits per heavy atom. The maximum atomic E-state index is 2.40. The predicted molar refractivity (Wildman–Crippen MR) is 119 cm³/mol. The van der Waals surface area contributed by atoms with Crippen LogP contribution in [0.5, 0.6) is 0 Å². The zero-order valence-electron chi connectivity index (χ0n) is 17.3. The monoisotopic (exact) mass is 370 g/mol. The Labute approximate surface area is 167 Å². The van der Waals surface area contributed by atoms with Crippen LogP contribution in [0.2, 0.25) is 6.55 Å². The van der Waals surface area contributed by atoms with Crippen molar-refractivity contribution in [2.45, 2.75) is 53.1 Å². The van der Waals surface area contributed by atoms with Crippen molar-refractivity contribution in [3.05, 3.63) is 105 Å². The van der Waals surface area contributed by atoms with Crippen LogP contribution in [0.15, 0.2) is 54.6 Å². The van der Waals surface area contributed by atoms with Gasteiger partial charge in [0.2, 0.25) is 0 Å². The number of hydrogen-bond donors (Lipinski definition) is 0. The van der Waals surface area contributed by atoms with E-state index < -0.39 is 0 Å². The van der Waals surface area contributed by atoms with Crippen molar-refractivity contribution in [1.29, 1.82) is 0 Å². The molecule has 0 saturated carbocycles. The molecule has 0 bridgehead atoms. The van der Waals surface area contributed by atoms with Gasteiger partial charge in [0.15, 0.2) is 0 Å². The first-order valence-corrected chi connectivity index (χ1v) is 11.5. The molecule has 0 nitrogen and oxygen atoms in total. The summed E-state index contributed by atoms with van der Waals surface area (Å²) in [6, 6.07) is 22.2. The van der Waals surface area contributed by atoms with E-state index >= 15 is 0 Å². The van der Waals surface area contributed by atoms with Crippen LogP contribution in [0.25, 0.3) is 0 Å². The van der Waals surface area contributed by atoms with Crippen LogP contribution in [0.1, 0.15) is 50.1 Å². The van der Waals surface area contributed by atoms with E-state index in [9.17, 15) is 0 Å². The van der Waals surface area contributed by atoms with Gasteiger partial charge in [-0.3, -0.25) is 0 Å². The molecule has 0 aliphatic heterocycles. The summed E-state index contributed by atoms with van der Waals surface area (Å²) in [6.07, 6.45) is 2.02. The maximum Gasteiger partial charge on any atom is 0.0394 e. The first kappa shape index (κ1) is 19.6. The third kappa shape index (κ3) is 5.67. The molecule has 1 heteroatoms. The molecule has 0 spiro atoms. The minimum absolute atomic E-state index is 0.973. The van der Waals surface area contributed by atoms with Crippen LogP contribution >= 0.6 is 0 Å². The second-order valence-corrected chi connectivity index (χ2v) is 9.09. The highest BCUT2D eigenvalue weighted by Crippen LogP contribution is 2.20. The van der Waals surface area contributed by atoms with Crippen LogP contribution in [-0.4, -0.2) is 9.52 Å². The largest absolute Gasteiger partial charge is 0.0730 e. The fourth-order valence-electron chi connectivity index (χ4n) is 4.15. The van der Waals surface area contributed by atoms with Gasteiger partial charge >= 0.3 is 0 Å². The molecule has 0 fully saturated rings. The minimum atomic E-state index is 0.973. The van der Waals surface area contributed by atoms with E-state index in [2.05, 4.69) is 88.8 Å². The lowest BCUT2D eigenvalue weighted by Gasteiger charge is -2.11. The number of benzene rings is 3. The standard InChI is InChI=1S/C26H30Si/c1-18-6-19(2)8-22(7-18)13-23-9-20(3)10-24(14-23)15-25-11-21(4)12-26(16-25)17-27-5/h6-12,14,16H,13,15,17H2,1-5H3. The average molecular weight is 371 g/mol. The van der Waals surface area contributed by atoms with Gasteiger partial charge in [0.1, 0.15) is 0 Å². The van der Waals surface area contributed by atoms with Gasteiger partial charge in [-0.25, -0.2) is 0 Å². The Morgan fingerprint density at radius 2 is 0.815 bits per heavy atom. The molecular weight excluding hydrogens is 340 g/mol. The molecule has 0 N–H and O–H groups in total. The molecule has 3 aromatic carbocycles. The quantitative estimate of drug-likeness (QED) is 0.443. The van der Waals surface area contributed by atoms with Crippen molar-refractivity contribution < 1.29 is 0 Å². The fraction of sp³-hybridized carbons (Fsp3) is 0.308. The predicted octanol–water partition coefficient (Wildman–Crippen LogP) is 6.35. The van der Waals surface area contributed by atoms with Crippen LogP contribution in [0.4, 0.5) is 0 Å². The third-order valence-electron chi connectivity index (χ3n) is 4.87. The zero-order chi connectivity index (χ0) is 19.4. The molecule has 3 rings (SSSR count). The van der Waals surface area contributed by atoms with Gasteiger partial charge in [-0.1, -0.05) is 89.0 Å². The molecule has 0 aromatic heterocycles. The zero-order valence-corrected chi connectivity index (χ0v) is 18.3. The van der Waals surface area contributed by atoms with E-state index in [0.717, 1.165) is 22.4 Å². The smallest absolute Gasteiger partial charge is 0.0394 e. The molecular formula is C26H30Si. The molecule has 0 aliphatic carbocycles. The van der Waals surface area contributed by atoms with Crippen molar-refractivity contribution in [3.8, 4) is 0 Å². The molecule has 0 amide bonds. The van der Waals surface area contributed by atoms with Crippen LogP contribution in [0, 0.1) is 27.7 Å².